The summed E-state index contributed by atoms with van der Waals surface area (Å²) in [4.78, 5) is 0. The van der Waals surface area contributed by atoms with Crippen molar-refractivity contribution in [3.63, 3.8) is 0 Å². The predicted octanol–water partition coefficient (Wildman–Crippen LogP) is 8.30. The van der Waals surface area contributed by atoms with Crippen molar-refractivity contribution < 1.29 is 13.5 Å². The minimum atomic E-state index is -0.624. The Bertz CT molecular complexity index is 1100. The van der Waals surface area contributed by atoms with E-state index in [0.717, 1.165) is 37.1 Å². The highest BCUT2D eigenvalue weighted by Crippen LogP contribution is 2.22. The molecule has 0 spiro atoms. The van der Waals surface area contributed by atoms with Gasteiger partial charge in [-0.25, -0.2) is 8.78 Å². The molecule has 0 N–H and O–H groups in total. The lowest BCUT2D eigenvalue weighted by Gasteiger charge is -2.04. The van der Waals surface area contributed by atoms with Gasteiger partial charge in [0, 0.05) is 5.56 Å². The Kier molecular flexibility index (Phi) is 9.14. The summed E-state index contributed by atoms with van der Waals surface area (Å²) in [5, 5.41) is 8.44. The molecule has 0 amide bonds. The second kappa shape index (κ2) is 12.5. The van der Waals surface area contributed by atoms with E-state index in [2.05, 4.69) is 29.0 Å². The molecular formula is C28H28F2N2O. The van der Waals surface area contributed by atoms with Gasteiger partial charge >= 0.3 is 0 Å². The summed E-state index contributed by atoms with van der Waals surface area (Å²) < 4.78 is 34.2. The molecule has 3 rings (SSSR count). The summed E-state index contributed by atoms with van der Waals surface area (Å²) in [6, 6.07) is 17.2. The van der Waals surface area contributed by atoms with Gasteiger partial charge in [-0.05, 0) is 85.5 Å². The summed E-state index contributed by atoms with van der Waals surface area (Å²) in [7, 11) is 0. The van der Waals surface area contributed by atoms with Crippen molar-refractivity contribution in [2.45, 2.75) is 46.0 Å². The number of rotatable bonds is 9. The first-order valence-corrected chi connectivity index (χ1v) is 11.3. The SMILES string of the molecule is CCCCOc1ccc(N=Nc2ccc(C#Cc3c(F)cc(CCCC)cc3F)cc2)cc1. The largest absolute Gasteiger partial charge is 0.494 e. The van der Waals surface area contributed by atoms with Crippen LogP contribution in [-0.2, 0) is 6.42 Å². The van der Waals surface area contributed by atoms with E-state index < -0.39 is 11.6 Å². The molecule has 0 saturated carbocycles. The van der Waals surface area contributed by atoms with E-state index in [1.807, 2.05) is 31.2 Å². The molecule has 170 valence electrons. The van der Waals surface area contributed by atoms with Gasteiger partial charge < -0.3 is 4.74 Å². The maximum atomic E-state index is 14.3. The Hall–Kier alpha value is -3.52. The highest BCUT2D eigenvalue weighted by Gasteiger charge is 2.09. The minimum absolute atomic E-state index is 0.207. The van der Waals surface area contributed by atoms with Crippen LogP contribution in [0.15, 0.2) is 70.9 Å². The number of azo groups is 1. The van der Waals surface area contributed by atoms with Gasteiger partial charge in [-0.15, -0.1) is 0 Å². The maximum Gasteiger partial charge on any atom is 0.142 e. The third-order valence-electron chi connectivity index (χ3n) is 5.00. The Morgan fingerprint density at radius 1 is 0.758 bits per heavy atom. The standard InChI is InChI=1S/C28H28F2N2O/c1-3-5-7-22-19-27(29)26(28(30)20-22)17-10-21-8-11-23(12-9-21)31-32-24-13-15-25(16-14-24)33-18-6-4-2/h8-9,11-16,19-20H,3-7,18H2,1-2H3. The molecule has 3 aromatic rings. The Balaban J connectivity index is 1.63. The second-order valence-electron chi connectivity index (χ2n) is 7.73. The van der Waals surface area contributed by atoms with E-state index in [0.29, 0.717) is 29.8 Å². The molecule has 0 heterocycles. The average Bonchev–Trinajstić information content (AvgIpc) is 2.82. The van der Waals surface area contributed by atoms with Gasteiger partial charge in [0.1, 0.15) is 17.4 Å². The topological polar surface area (TPSA) is 34.0 Å². The van der Waals surface area contributed by atoms with Crippen LogP contribution in [0, 0.1) is 23.5 Å². The summed E-state index contributed by atoms with van der Waals surface area (Å²) in [6.45, 7) is 4.87. The summed E-state index contributed by atoms with van der Waals surface area (Å²) in [6.07, 6.45) is 4.64. The smallest absolute Gasteiger partial charge is 0.142 e. The van der Waals surface area contributed by atoms with Crippen LogP contribution < -0.4 is 4.74 Å². The lowest BCUT2D eigenvalue weighted by atomic mass is 10.0. The molecule has 3 aromatic carbocycles. The molecule has 0 aliphatic heterocycles. The Morgan fingerprint density at radius 2 is 1.33 bits per heavy atom. The number of aryl methyl sites for hydroxylation is 1. The summed E-state index contributed by atoms with van der Waals surface area (Å²) in [5.41, 5.74) is 2.46. The summed E-state index contributed by atoms with van der Waals surface area (Å²) >= 11 is 0. The van der Waals surface area contributed by atoms with Crippen molar-refractivity contribution in [2.75, 3.05) is 6.61 Å². The molecular weight excluding hydrogens is 418 g/mol. The van der Waals surface area contributed by atoms with Crippen molar-refractivity contribution in [3.05, 3.63) is 89.0 Å². The molecule has 3 nitrogen and oxygen atoms in total. The molecule has 0 fully saturated rings. The molecule has 0 aliphatic rings. The zero-order valence-corrected chi connectivity index (χ0v) is 19.1. The van der Waals surface area contributed by atoms with Crippen molar-refractivity contribution >= 4 is 11.4 Å². The van der Waals surface area contributed by atoms with Crippen LogP contribution >= 0.6 is 0 Å². The number of hydrogen-bond acceptors (Lipinski definition) is 3. The molecule has 0 saturated heterocycles. The highest BCUT2D eigenvalue weighted by atomic mass is 19.1. The van der Waals surface area contributed by atoms with Crippen LogP contribution in [0.3, 0.4) is 0 Å². The van der Waals surface area contributed by atoms with Gasteiger partial charge in [-0.1, -0.05) is 38.5 Å². The van der Waals surface area contributed by atoms with Crippen molar-refractivity contribution in [3.8, 4) is 17.6 Å². The monoisotopic (exact) mass is 446 g/mol. The molecule has 0 atom stereocenters. The van der Waals surface area contributed by atoms with Gasteiger partial charge in [0.15, 0.2) is 0 Å². The van der Waals surface area contributed by atoms with E-state index in [-0.39, 0.29) is 5.56 Å². The Morgan fingerprint density at radius 3 is 1.91 bits per heavy atom. The number of unbranched alkanes of at least 4 members (excludes halogenated alkanes) is 2. The first-order chi connectivity index (χ1) is 16.1. The van der Waals surface area contributed by atoms with Gasteiger partial charge in [-0.2, -0.15) is 10.2 Å². The van der Waals surface area contributed by atoms with E-state index in [1.54, 1.807) is 24.3 Å². The lowest BCUT2D eigenvalue weighted by molar-refractivity contribution is 0.309. The third-order valence-corrected chi connectivity index (χ3v) is 5.00. The van der Waals surface area contributed by atoms with E-state index in [1.165, 1.54) is 12.1 Å². The fourth-order valence-electron chi connectivity index (χ4n) is 3.08. The first kappa shape index (κ1) is 24.1. The van der Waals surface area contributed by atoms with Crippen molar-refractivity contribution in [2.24, 2.45) is 10.2 Å². The average molecular weight is 447 g/mol. The number of ether oxygens (including phenoxy) is 1. The van der Waals surface area contributed by atoms with Crippen molar-refractivity contribution in [1.82, 2.24) is 0 Å². The lowest BCUT2D eigenvalue weighted by Crippen LogP contribution is -1.95. The van der Waals surface area contributed by atoms with E-state index in [4.69, 9.17) is 4.74 Å². The van der Waals surface area contributed by atoms with Crippen LogP contribution in [0.1, 0.15) is 56.2 Å². The van der Waals surface area contributed by atoms with Crippen LogP contribution in [0.4, 0.5) is 20.2 Å². The van der Waals surface area contributed by atoms with Crippen LogP contribution in [0.5, 0.6) is 5.75 Å². The Labute approximate surface area is 194 Å². The number of benzene rings is 3. The fraction of sp³-hybridized carbons (Fsp3) is 0.286. The molecule has 0 bridgehead atoms. The van der Waals surface area contributed by atoms with Crippen LogP contribution in [-0.4, -0.2) is 6.61 Å². The quantitative estimate of drug-likeness (QED) is 0.185. The summed E-state index contributed by atoms with van der Waals surface area (Å²) in [5.74, 6) is 5.00. The van der Waals surface area contributed by atoms with Crippen LogP contribution in [0.2, 0.25) is 0 Å². The number of nitrogens with zero attached hydrogens (tertiary/aromatic N) is 2. The zero-order valence-electron chi connectivity index (χ0n) is 19.1. The minimum Gasteiger partial charge on any atom is -0.494 e. The molecule has 0 radical (unpaired) electrons. The highest BCUT2D eigenvalue weighted by molar-refractivity contribution is 5.49. The number of hydrogen-bond donors (Lipinski definition) is 0. The zero-order chi connectivity index (χ0) is 23.5. The van der Waals surface area contributed by atoms with Gasteiger partial charge in [0.2, 0.25) is 0 Å². The molecule has 0 aromatic heterocycles. The fourth-order valence-corrected chi connectivity index (χ4v) is 3.08. The van der Waals surface area contributed by atoms with Gasteiger partial charge in [-0.3, -0.25) is 0 Å². The molecule has 33 heavy (non-hydrogen) atoms. The third kappa shape index (κ3) is 7.54. The van der Waals surface area contributed by atoms with Gasteiger partial charge in [0.25, 0.3) is 0 Å². The van der Waals surface area contributed by atoms with E-state index in [9.17, 15) is 8.78 Å². The van der Waals surface area contributed by atoms with Crippen LogP contribution in [0.25, 0.3) is 0 Å². The normalized spacial score (nSPS) is 10.8. The molecule has 0 aliphatic carbocycles. The maximum absolute atomic E-state index is 14.3. The molecule has 0 unspecified atom stereocenters. The first-order valence-electron chi connectivity index (χ1n) is 11.3. The van der Waals surface area contributed by atoms with Gasteiger partial charge in [0.05, 0.1) is 23.5 Å². The molecule has 5 heteroatoms. The van der Waals surface area contributed by atoms with E-state index >= 15 is 0 Å². The second-order valence-corrected chi connectivity index (χ2v) is 7.73. The number of halogens is 2. The van der Waals surface area contributed by atoms with Crippen molar-refractivity contribution in [1.29, 1.82) is 0 Å². The predicted molar refractivity (Wildman–Crippen MR) is 128 cm³/mol.